The molecule has 0 saturated heterocycles. The minimum Gasteiger partial charge on any atom is -0.497 e. The average Bonchev–Trinajstić information content (AvgIpc) is 2.69. The van der Waals surface area contributed by atoms with Crippen molar-refractivity contribution in [2.24, 2.45) is 0 Å². The van der Waals surface area contributed by atoms with E-state index in [4.69, 9.17) is 14.2 Å². The number of carbonyl (C=O) groups is 1. The summed E-state index contributed by atoms with van der Waals surface area (Å²) in [6.07, 6.45) is 0. The Morgan fingerprint density at radius 2 is 1.62 bits per heavy atom. The Labute approximate surface area is 152 Å². The van der Waals surface area contributed by atoms with Crippen molar-refractivity contribution in [2.45, 2.75) is 0 Å². The van der Waals surface area contributed by atoms with Gasteiger partial charge in [0.1, 0.15) is 23.9 Å². The van der Waals surface area contributed by atoms with Crippen LogP contribution in [0.25, 0.3) is 10.8 Å². The van der Waals surface area contributed by atoms with Crippen molar-refractivity contribution in [1.29, 1.82) is 0 Å². The minimum absolute atomic E-state index is 0.0524. The molecule has 3 aromatic carbocycles. The largest absolute Gasteiger partial charge is 0.497 e. The lowest BCUT2D eigenvalue weighted by atomic mass is 10.1. The van der Waals surface area contributed by atoms with Crippen molar-refractivity contribution in [2.75, 3.05) is 26.9 Å². The Balaban J connectivity index is 1.39. The summed E-state index contributed by atoms with van der Waals surface area (Å²) in [7, 11) is 1.58. The van der Waals surface area contributed by atoms with Gasteiger partial charge < -0.3 is 19.5 Å². The van der Waals surface area contributed by atoms with E-state index < -0.39 is 0 Å². The normalized spacial score (nSPS) is 10.3. The lowest BCUT2D eigenvalue weighted by Gasteiger charge is -2.10. The van der Waals surface area contributed by atoms with Crippen LogP contribution in [0, 0.1) is 0 Å². The monoisotopic (exact) mass is 351 g/mol. The highest BCUT2D eigenvalue weighted by atomic mass is 16.5. The third-order valence-corrected chi connectivity index (χ3v) is 3.83. The van der Waals surface area contributed by atoms with Gasteiger partial charge in [0, 0.05) is 6.07 Å². The fourth-order valence-electron chi connectivity index (χ4n) is 2.51. The standard InChI is InChI=1S/C21H21NO4/c1-24-18-7-4-8-19(14-18)26-15-21(23)22-11-12-25-20-10-9-16-5-2-3-6-17(16)13-20/h2-10,13-14H,11-12,15H2,1H3,(H,22,23). The summed E-state index contributed by atoms with van der Waals surface area (Å²) in [5, 5.41) is 5.06. The quantitative estimate of drug-likeness (QED) is 0.632. The molecule has 134 valence electrons. The van der Waals surface area contributed by atoms with Gasteiger partial charge in [-0.1, -0.05) is 36.4 Å². The zero-order valence-corrected chi connectivity index (χ0v) is 14.6. The van der Waals surface area contributed by atoms with Gasteiger partial charge in [0.05, 0.1) is 13.7 Å². The predicted molar refractivity (Wildman–Crippen MR) is 101 cm³/mol. The van der Waals surface area contributed by atoms with E-state index in [0.717, 1.165) is 11.1 Å². The van der Waals surface area contributed by atoms with E-state index >= 15 is 0 Å². The molecule has 0 bridgehead atoms. The van der Waals surface area contributed by atoms with Crippen LogP contribution in [0.15, 0.2) is 66.7 Å². The van der Waals surface area contributed by atoms with Crippen LogP contribution in [-0.4, -0.2) is 32.8 Å². The van der Waals surface area contributed by atoms with Crippen LogP contribution in [0.2, 0.25) is 0 Å². The Bertz CT molecular complexity index is 879. The van der Waals surface area contributed by atoms with Crippen LogP contribution >= 0.6 is 0 Å². The molecule has 0 unspecified atom stereocenters. The topological polar surface area (TPSA) is 56.8 Å². The highest BCUT2D eigenvalue weighted by molar-refractivity contribution is 5.83. The Morgan fingerprint density at radius 1 is 0.846 bits per heavy atom. The Hall–Kier alpha value is -3.21. The van der Waals surface area contributed by atoms with E-state index in [-0.39, 0.29) is 12.5 Å². The lowest BCUT2D eigenvalue weighted by molar-refractivity contribution is -0.123. The van der Waals surface area contributed by atoms with Crippen molar-refractivity contribution in [3.63, 3.8) is 0 Å². The van der Waals surface area contributed by atoms with Crippen LogP contribution in [0.3, 0.4) is 0 Å². The molecule has 0 atom stereocenters. The summed E-state index contributed by atoms with van der Waals surface area (Å²) in [6, 6.07) is 21.2. The first-order valence-electron chi connectivity index (χ1n) is 8.40. The summed E-state index contributed by atoms with van der Waals surface area (Å²) < 4.78 is 16.2. The number of rotatable bonds is 8. The van der Waals surface area contributed by atoms with Crippen LogP contribution in [0.1, 0.15) is 0 Å². The summed E-state index contributed by atoms with van der Waals surface area (Å²) in [5.74, 6) is 1.86. The summed E-state index contributed by atoms with van der Waals surface area (Å²) in [5.41, 5.74) is 0. The van der Waals surface area contributed by atoms with Gasteiger partial charge in [-0.15, -0.1) is 0 Å². The molecule has 1 amide bonds. The number of nitrogens with one attached hydrogen (secondary N) is 1. The van der Waals surface area contributed by atoms with Crippen molar-refractivity contribution >= 4 is 16.7 Å². The third kappa shape index (κ3) is 4.89. The molecule has 3 aromatic rings. The van der Waals surface area contributed by atoms with Crippen molar-refractivity contribution in [3.05, 3.63) is 66.7 Å². The second-order valence-electron chi connectivity index (χ2n) is 5.68. The SMILES string of the molecule is COc1cccc(OCC(=O)NCCOc2ccc3ccccc3c2)c1. The molecular weight excluding hydrogens is 330 g/mol. The van der Waals surface area contributed by atoms with Crippen LogP contribution in [0.5, 0.6) is 17.2 Å². The Kier molecular flexibility index (Phi) is 5.93. The fraction of sp³-hybridized carbons (Fsp3) is 0.190. The molecule has 5 nitrogen and oxygen atoms in total. The first-order chi connectivity index (χ1) is 12.7. The summed E-state index contributed by atoms with van der Waals surface area (Å²) in [6.45, 7) is 0.750. The van der Waals surface area contributed by atoms with Gasteiger partial charge in [0.15, 0.2) is 6.61 Å². The molecule has 0 heterocycles. The van der Waals surface area contributed by atoms with Gasteiger partial charge in [-0.05, 0) is 35.0 Å². The fourth-order valence-corrected chi connectivity index (χ4v) is 2.51. The number of ether oxygens (including phenoxy) is 3. The predicted octanol–water partition coefficient (Wildman–Crippen LogP) is 3.42. The molecule has 26 heavy (non-hydrogen) atoms. The van der Waals surface area contributed by atoms with Crippen LogP contribution in [0.4, 0.5) is 0 Å². The second kappa shape index (κ2) is 8.76. The maximum Gasteiger partial charge on any atom is 0.258 e. The minimum atomic E-state index is -0.199. The molecular formula is C21H21NO4. The van der Waals surface area contributed by atoms with E-state index in [0.29, 0.717) is 24.7 Å². The number of fused-ring (bicyclic) bond motifs is 1. The third-order valence-electron chi connectivity index (χ3n) is 3.83. The van der Waals surface area contributed by atoms with Crippen molar-refractivity contribution in [3.8, 4) is 17.2 Å². The molecule has 0 aromatic heterocycles. The van der Waals surface area contributed by atoms with E-state index in [1.807, 2.05) is 48.5 Å². The van der Waals surface area contributed by atoms with Crippen molar-refractivity contribution in [1.82, 2.24) is 5.32 Å². The number of hydrogen-bond donors (Lipinski definition) is 1. The van der Waals surface area contributed by atoms with Crippen molar-refractivity contribution < 1.29 is 19.0 Å². The summed E-state index contributed by atoms with van der Waals surface area (Å²) >= 11 is 0. The first-order valence-corrected chi connectivity index (χ1v) is 8.40. The zero-order valence-electron chi connectivity index (χ0n) is 14.6. The molecule has 0 aliphatic rings. The first kappa shape index (κ1) is 17.6. The van der Waals surface area contributed by atoms with Gasteiger partial charge >= 0.3 is 0 Å². The van der Waals surface area contributed by atoms with E-state index in [1.165, 1.54) is 5.39 Å². The van der Waals surface area contributed by atoms with Gasteiger partial charge in [-0.3, -0.25) is 4.79 Å². The molecule has 3 rings (SSSR count). The second-order valence-corrected chi connectivity index (χ2v) is 5.68. The molecule has 5 heteroatoms. The summed E-state index contributed by atoms with van der Waals surface area (Å²) in [4.78, 5) is 11.8. The molecule has 1 N–H and O–H groups in total. The number of carbonyl (C=O) groups excluding carboxylic acids is 1. The highest BCUT2D eigenvalue weighted by Crippen LogP contribution is 2.20. The van der Waals surface area contributed by atoms with Gasteiger partial charge in [0.2, 0.25) is 0 Å². The van der Waals surface area contributed by atoms with Gasteiger partial charge in [-0.25, -0.2) is 0 Å². The van der Waals surface area contributed by atoms with E-state index in [2.05, 4.69) is 11.4 Å². The molecule has 0 saturated carbocycles. The number of amides is 1. The molecule has 0 spiro atoms. The van der Waals surface area contributed by atoms with E-state index in [9.17, 15) is 4.79 Å². The Morgan fingerprint density at radius 3 is 2.46 bits per heavy atom. The lowest BCUT2D eigenvalue weighted by Crippen LogP contribution is -2.32. The molecule has 0 fully saturated rings. The maximum atomic E-state index is 11.8. The highest BCUT2D eigenvalue weighted by Gasteiger charge is 2.04. The number of methoxy groups -OCH3 is 1. The molecule has 0 aliphatic heterocycles. The van der Waals surface area contributed by atoms with E-state index in [1.54, 1.807) is 19.2 Å². The molecule has 0 aliphatic carbocycles. The number of benzene rings is 3. The van der Waals surface area contributed by atoms with Gasteiger partial charge in [0.25, 0.3) is 5.91 Å². The van der Waals surface area contributed by atoms with Gasteiger partial charge in [-0.2, -0.15) is 0 Å². The zero-order chi connectivity index (χ0) is 18.2. The average molecular weight is 351 g/mol. The van der Waals surface area contributed by atoms with Crippen LogP contribution in [-0.2, 0) is 4.79 Å². The smallest absolute Gasteiger partial charge is 0.258 e. The van der Waals surface area contributed by atoms with Crippen LogP contribution < -0.4 is 19.5 Å². The molecule has 0 radical (unpaired) electrons. The number of hydrogen-bond acceptors (Lipinski definition) is 4. The maximum absolute atomic E-state index is 11.8.